The minimum atomic E-state index is -2.01. The van der Waals surface area contributed by atoms with Crippen LogP contribution >= 0.6 is 0 Å². The van der Waals surface area contributed by atoms with E-state index in [9.17, 15) is 20.1 Å². The number of ether oxygens (including phenoxy) is 3. The lowest BCUT2D eigenvalue weighted by atomic mass is 9.79. The van der Waals surface area contributed by atoms with Crippen LogP contribution in [0, 0.1) is 0 Å². The molecule has 11 heteroatoms. The lowest BCUT2D eigenvalue weighted by molar-refractivity contribution is -0.449. The number of aliphatic hydroxyl groups is 3. The van der Waals surface area contributed by atoms with E-state index in [1.807, 2.05) is 0 Å². The van der Waals surface area contributed by atoms with E-state index in [1.54, 1.807) is 45.4 Å². The molecule has 1 saturated carbocycles. The van der Waals surface area contributed by atoms with Gasteiger partial charge < -0.3 is 45.5 Å². The van der Waals surface area contributed by atoms with Crippen LogP contribution in [0.15, 0.2) is 24.4 Å². The Balaban J connectivity index is 1.56. The number of hydrogen-bond acceptors (Lipinski definition) is 10. The van der Waals surface area contributed by atoms with E-state index in [0.717, 1.165) is 0 Å². The minimum Gasteiger partial charge on any atom is -0.390 e. The number of carbonyl (C=O) groups is 1. The number of likely N-dealkylation sites (N-methyl/N-ethyl adjacent to an activating group) is 2. The quantitative estimate of drug-likeness (QED) is 0.286. The van der Waals surface area contributed by atoms with Crippen molar-refractivity contribution in [3.63, 3.8) is 0 Å². The van der Waals surface area contributed by atoms with Crippen LogP contribution in [-0.4, -0.2) is 101 Å². The highest BCUT2D eigenvalue weighted by Crippen LogP contribution is 2.41. The van der Waals surface area contributed by atoms with Gasteiger partial charge in [0.05, 0.1) is 36.8 Å². The van der Waals surface area contributed by atoms with Crippen molar-refractivity contribution in [2.45, 2.75) is 80.5 Å². The molecule has 32 heavy (non-hydrogen) atoms. The molecule has 0 spiro atoms. The second-order valence-electron chi connectivity index (χ2n) is 8.68. The summed E-state index contributed by atoms with van der Waals surface area (Å²) in [6.45, 7) is 1.81. The van der Waals surface area contributed by atoms with Gasteiger partial charge in [0.2, 0.25) is 18.0 Å². The van der Waals surface area contributed by atoms with E-state index < -0.39 is 54.6 Å². The van der Waals surface area contributed by atoms with Crippen LogP contribution in [0.3, 0.4) is 0 Å². The number of aliphatic hydroxyl groups excluding tert-OH is 2. The number of carbonyl (C=O) groups excluding carboxylic acids is 1. The SMILES string of the molecule is CN[C@@H]1[C@H](O)[C@H](NC)C2O[C@]3(O)C(OC2[C@H]1O)O[C@H](C)C[C@H]3NC(=O)Cc1ccccn1. The van der Waals surface area contributed by atoms with E-state index >= 15 is 0 Å². The Morgan fingerprint density at radius 3 is 2.56 bits per heavy atom. The maximum absolute atomic E-state index is 12.7. The molecule has 0 aromatic carbocycles. The zero-order chi connectivity index (χ0) is 23.0. The number of fused-ring (bicyclic) bond motifs is 2. The van der Waals surface area contributed by atoms with Gasteiger partial charge in [0.15, 0.2) is 0 Å². The molecule has 6 N–H and O–H groups in total. The molecule has 10 atom stereocenters. The third-order valence-electron chi connectivity index (χ3n) is 6.55. The van der Waals surface area contributed by atoms with Crippen molar-refractivity contribution in [2.75, 3.05) is 14.1 Å². The largest absolute Gasteiger partial charge is 0.390 e. The first-order chi connectivity index (χ1) is 15.3. The molecule has 0 bridgehead atoms. The Kier molecular flexibility index (Phi) is 6.80. The average Bonchev–Trinajstić information content (AvgIpc) is 2.75. The molecular weight excluding hydrogens is 420 g/mol. The molecule has 1 amide bonds. The number of hydrogen-bond donors (Lipinski definition) is 6. The lowest BCUT2D eigenvalue weighted by Gasteiger charge is -2.58. The Hall–Kier alpha value is -1.70. The number of nitrogens with zero attached hydrogens (tertiary/aromatic N) is 1. The molecule has 2 saturated heterocycles. The number of nitrogens with one attached hydrogen (secondary N) is 3. The third-order valence-corrected chi connectivity index (χ3v) is 6.55. The number of aromatic nitrogens is 1. The summed E-state index contributed by atoms with van der Waals surface area (Å²) in [6, 6.07) is 3.16. The van der Waals surface area contributed by atoms with Crippen LogP contribution < -0.4 is 16.0 Å². The average molecular weight is 453 g/mol. The zero-order valence-corrected chi connectivity index (χ0v) is 18.3. The predicted octanol–water partition coefficient (Wildman–Crippen LogP) is -2.37. The number of amides is 1. The minimum absolute atomic E-state index is 0.0423. The fourth-order valence-corrected chi connectivity index (χ4v) is 4.93. The van der Waals surface area contributed by atoms with Gasteiger partial charge in [-0.25, -0.2) is 0 Å². The van der Waals surface area contributed by atoms with E-state index in [1.165, 1.54) is 0 Å². The summed E-state index contributed by atoms with van der Waals surface area (Å²) in [7, 11) is 3.29. The van der Waals surface area contributed by atoms with Crippen LogP contribution in [-0.2, 0) is 25.4 Å². The Labute approximate surface area is 186 Å². The topological polar surface area (TPSA) is 154 Å². The highest BCUT2D eigenvalue weighted by Gasteiger charge is 2.63. The molecule has 3 fully saturated rings. The lowest BCUT2D eigenvalue weighted by Crippen LogP contribution is -2.79. The summed E-state index contributed by atoms with van der Waals surface area (Å²) in [6.07, 6.45) is -3.50. The molecule has 3 unspecified atom stereocenters. The summed E-state index contributed by atoms with van der Waals surface area (Å²) in [4.78, 5) is 16.9. The first-order valence-electron chi connectivity index (χ1n) is 10.9. The standard InChI is InChI=1S/C21H32N4O7/c1-10-8-12(25-13(26)9-11-6-4-5-7-24-11)21(29)20(30-10)31-19-17(28)14(22-2)16(27)15(23-3)18(19)32-21/h4-7,10,12,14-20,22-23,27-29H,8-9H2,1-3H3,(H,25,26)/t10-,12-,14-,15+,16+,17+,18?,19?,20?,21+/m1/s1. The van der Waals surface area contributed by atoms with Gasteiger partial charge in [-0.2, -0.15) is 0 Å². The smallest absolute Gasteiger partial charge is 0.239 e. The third kappa shape index (κ3) is 4.15. The summed E-state index contributed by atoms with van der Waals surface area (Å²) < 4.78 is 17.9. The second-order valence-corrected chi connectivity index (χ2v) is 8.68. The predicted molar refractivity (Wildman–Crippen MR) is 111 cm³/mol. The van der Waals surface area contributed by atoms with Gasteiger partial charge in [-0.15, -0.1) is 0 Å². The van der Waals surface area contributed by atoms with E-state index in [-0.39, 0.29) is 24.9 Å². The van der Waals surface area contributed by atoms with Gasteiger partial charge >= 0.3 is 0 Å². The molecule has 0 radical (unpaired) electrons. The molecule has 1 aromatic rings. The van der Waals surface area contributed by atoms with Gasteiger partial charge in [0.25, 0.3) is 0 Å². The summed E-state index contributed by atoms with van der Waals surface area (Å²) in [5, 5.41) is 41.8. The van der Waals surface area contributed by atoms with Crippen LogP contribution in [0.25, 0.3) is 0 Å². The van der Waals surface area contributed by atoms with Crippen molar-refractivity contribution in [2.24, 2.45) is 0 Å². The number of pyridine rings is 1. The van der Waals surface area contributed by atoms with Crippen LogP contribution in [0.2, 0.25) is 0 Å². The number of rotatable bonds is 5. The molecule has 4 rings (SSSR count). The molecule has 11 nitrogen and oxygen atoms in total. The molecule has 3 heterocycles. The van der Waals surface area contributed by atoms with Crippen molar-refractivity contribution in [3.8, 4) is 0 Å². The Morgan fingerprint density at radius 1 is 1.16 bits per heavy atom. The maximum atomic E-state index is 12.7. The van der Waals surface area contributed by atoms with Crippen molar-refractivity contribution >= 4 is 5.91 Å². The van der Waals surface area contributed by atoms with E-state index in [2.05, 4.69) is 20.9 Å². The van der Waals surface area contributed by atoms with Gasteiger partial charge in [-0.1, -0.05) is 6.07 Å². The zero-order valence-electron chi connectivity index (χ0n) is 18.3. The summed E-state index contributed by atoms with van der Waals surface area (Å²) in [5.41, 5.74) is 0.599. The highest BCUT2D eigenvalue weighted by molar-refractivity contribution is 5.78. The van der Waals surface area contributed by atoms with Gasteiger partial charge in [0, 0.05) is 11.9 Å². The van der Waals surface area contributed by atoms with Crippen LogP contribution in [0.5, 0.6) is 0 Å². The van der Waals surface area contributed by atoms with Crippen molar-refractivity contribution in [1.29, 1.82) is 0 Å². The van der Waals surface area contributed by atoms with E-state index in [0.29, 0.717) is 5.69 Å². The van der Waals surface area contributed by atoms with E-state index in [4.69, 9.17) is 14.2 Å². The fraction of sp³-hybridized carbons (Fsp3) is 0.714. The fourth-order valence-electron chi connectivity index (χ4n) is 4.93. The van der Waals surface area contributed by atoms with Crippen LogP contribution in [0.4, 0.5) is 0 Å². The Morgan fingerprint density at radius 2 is 1.91 bits per heavy atom. The van der Waals surface area contributed by atoms with Crippen molar-refractivity contribution < 1.29 is 34.3 Å². The van der Waals surface area contributed by atoms with Crippen LogP contribution in [0.1, 0.15) is 19.0 Å². The monoisotopic (exact) mass is 452 g/mol. The highest BCUT2D eigenvalue weighted by atomic mass is 16.8. The first kappa shape index (κ1) is 23.5. The molecule has 2 aliphatic heterocycles. The molecule has 3 aliphatic rings. The molecule has 1 aromatic heterocycles. The Bertz CT molecular complexity index is 802. The molecular formula is C21H32N4O7. The summed E-state index contributed by atoms with van der Waals surface area (Å²) in [5.74, 6) is -2.33. The maximum Gasteiger partial charge on any atom is 0.239 e. The van der Waals surface area contributed by atoms with Gasteiger partial charge in [-0.3, -0.25) is 9.78 Å². The first-order valence-corrected chi connectivity index (χ1v) is 10.9. The summed E-state index contributed by atoms with van der Waals surface area (Å²) >= 11 is 0. The van der Waals surface area contributed by atoms with Crippen molar-refractivity contribution in [1.82, 2.24) is 20.9 Å². The normalized spacial score (nSPS) is 43.8. The van der Waals surface area contributed by atoms with Gasteiger partial charge in [0.1, 0.15) is 18.3 Å². The molecule has 1 aliphatic carbocycles. The van der Waals surface area contributed by atoms with Crippen molar-refractivity contribution in [3.05, 3.63) is 30.1 Å². The second kappa shape index (κ2) is 9.27. The van der Waals surface area contributed by atoms with Gasteiger partial charge in [-0.05, 0) is 39.6 Å². The molecule has 178 valence electrons.